The lowest BCUT2D eigenvalue weighted by atomic mass is 10.0. The van der Waals surface area contributed by atoms with Gasteiger partial charge in [0.1, 0.15) is 5.82 Å². The van der Waals surface area contributed by atoms with Crippen molar-refractivity contribution in [2.75, 3.05) is 11.9 Å². The molecule has 68 valence electrons. The Morgan fingerprint density at radius 3 is 3.00 bits per heavy atom. The number of nitrogens with zero attached hydrogens (tertiary/aromatic N) is 2. The van der Waals surface area contributed by atoms with Crippen molar-refractivity contribution < 1.29 is 4.79 Å². The molecule has 0 aliphatic carbocycles. The largest absolute Gasteiger partial charge is 0.300 e. The third-order valence-corrected chi connectivity index (χ3v) is 2.38. The third-order valence-electron chi connectivity index (χ3n) is 2.38. The Balaban J connectivity index is 2.49. The van der Waals surface area contributed by atoms with Gasteiger partial charge in [-0.2, -0.15) is 0 Å². The van der Waals surface area contributed by atoms with Crippen LogP contribution in [0.2, 0.25) is 0 Å². The Kier molecular flexibility index (Phi) is 1.79. The topological polar surface area (TPSA) is 33.2 Å². The number of hydrogen-bond donors (Lipinski definition) is 0. The van der Waals surface area contributed by atoms with Crippen LogP contribution in [0.5, 0.6) is 0 Å². The molecule has 0 N–H and O–H groups in total. The minimum Gasteiger partial charge on any atom is -0.300 e. The molecule has 0 unspecified atom stereocenters. The molecule has 0 bridgehead atoms. The van der Waals surface area contributed by atoms with E-state index in [-0.39, 0.29) is 5.91 Å². The Morgan fingerprint density at radius 1 is 1.46 bits per heavy atom. The van der Waals surface area contributed by atoms with E-state index in [1.807, 2.05) is 6.92 Å². The number of aromatic nitrogens is 1. The van der Waals surface area contributed by atoms with Crippen molar-refractivity contribution in [3.63, 3.8) is 0 Å². The first kappa shape index (κ1) is 8.23. The van der Waals surface area contributed by atoms with E-state index < -0.39 is 0 Å². The second kappa shape index (κ2) is 2.83. The standard InChI is InChI=1S/C10H12N2O/c1-7-5-8-3-4-9(13)12(2)10(8)11-6-7/h5-6H,3-4H2,1-2H3. The Bertz CT molecular complexity index is 360. The molecule has 0 atom stereocenters. The fourth-order valence-electron chi connectivity index (χ4n) is 1.64. The number of amides is 1. The van der Waals surface area contributed by atoms with Crippen molar-refractivity contribution in [1.29, 1.82) is 0 Å². The van der Waals surface area contributed by atoms with E-state index in [9.17, 15) is 4.79 Å². The zero-order valence-corrected chi connectivity index (χ0v) is 7.87. The van der Waals surface area contributed by atoms with Gasteiger partial charge in [-0.1, -0.05) is 6.07 Å². The van der Waals surface area contributed by atoms with Crippen LogP contribution in [0.25, 0.3) is 0 Å². The molecule has 0 saturated heterocycles. The highest BCUT2D eigenvalue weighted by Gasteiger charge is 2.21. The van der Waals surface area contributed by atoms with Crippen molar-refractivity contribution in [1.82, 2.24) is 4.98 Å². The molecule has 0 saturated carbocycles. The van der Waals surface area contributed by atoms with E-state index in [4.69, 9.17) is 0 Å². The number of rotatable bonds is 0. The molecule has 13 heavy (non-hydrogen) atoms. The molecule has 2 heterocycles. The van der Waals surface area contributed by atoms with Crippen LogP contribution in [0.15, 0.2) is 12.3 Å². The van der Waals surface area contributed by atoms with Gasteiger partial charge in [-0.15, -0.1) is 0 Å². The zero-order valence-electron chi connectivity index (χ0n) is 7.87. The second-order valence-corrected chi connectivity index (χ2v) is 3.45. The van der Waals surface area contributed by atoms with Crippen molar-refractivity contribution in [3.8, 4) is 0 Å². The maximum Gasteiger partial charge on any atom is 0.228 e. The van der Waals surface area contributed by atoms with E-state index in [0.29, 0.717) is 6.42 Å². The van der Waals surface area contributed by atoms with E-state index in [1.165, 1.54) is 5.56 Å². The molecule has 0 aromatic carbocycles. The fraction of sp³-hybridized carbons (Fsp3) is 0.400. The summed E-state index contributed by atoms with van der Waals surface area (Å²) in [5.74, 6) is 0.978. The molecule has 0 spiro atoms. The predicted molar refractivity (Wildman–Crippen MR) is 50.7 cm³/mol. The van der Waals surface area contributed by atoms with Crippen LogP contribution in [0.1, 0.15) is 17.5 Å². The number of pyridine rings is 1. The number of fused-ring (bicyclic) bond motifs is 1. The first-order valence-electron chi connectivity index (χ1n) is 4.40. The molecular weight excluding hydrogens is 164 g/mol. The molecule has 0 radical (unpaired) electrons. The maximum absolute atomic E-state index is 11.3. The fourth-order valence-corrected chi connectivity index (χ4v) is 1.64. The van der Waals surface area contributed by atoms with Crippen molar-refractivity contribution in [2.45, 2.75) is 19.8 Å². The molecule has 1 amide bonds. The van der Waals surface area contributed by atoms with Crippen molar-refractivity contribution in [3.05, 3.63) is 23.4 Å². The SMILES string of the molecule is Cc1cnc2c(c1)CCC(=O)N2C. The van der Waals surface area contributed by atoms with E-state index in [1.54, 1.807) is 18.1 Å². The van der Waals surface area contributed by atoms with E-state index in [0.717, 1.165) is 17.8 Å². The minimum absolute atomic E-state index is 0.156. The Hall–Kier alpha value is -1.38. The van der Waals surface area contributed by atoms with Gasteiger partial charge in [0, 0.05) is 19.7 Å². The molecule has 1 aliphatic heterocycles. The summed E-state index contributed by atoms with van der Waals surface area (Å²) >= 11 is 0. The second-order valence-electron chi connectivity index (χ2n) is 3.45. The predicted octanol–water partition coefficient (Wildman–Crippen LogP) is 1.30. The summed E-state index contributed by atoms with van der Waals surface area (Å²) in [4.78, 5) is 17.2. The van der Waals surface area contributed by atoms with Crippen LogP contribution in [-0.2, 0) is 11.2 Å². The number of aryl methyl sites for hydroxylation is 2. The van der Waals surface area contributed by atoms with Crippen LogP contribution in [0.4, 0.5) is 5.82 Å². The van der Waals surface area contributed by atoms with Crippen LogP contribution in [0.3, 0.4) is 0 Å². The lowest BCUT2D eigenvalue weighted by molar-refractivity contribution is -0.118. The highest BCUT2D eigenvalue weighted by molar-refractivity contribution is 5.94. The van der Waals surface area contributed by atoms with Crippen LogP contribution in [-0.4, -0.2) is 17.9 Å². The van der Waals surface area contributed by atoms with Gasteiger partial charge >= 0.3 is 0 Å². The lowest BCUT2D eigenvalue weighted by Gasteiger charge is -2.24. The Morgan fingerprint density at radius 2 is 2.23 bits per heavy atom. The highest BCUT2D eigenvalue weighted by Crippen LogP contribution is 2.24. The first-order valence-corrected chi connectivity index (χ1v) is 4.40. The summed E-state index contributed by atoms with van der Waals surface area (Å²) < 4.78 is 0. The molecule has 3 heteroatoms. The van der Waals surface area contributed by atoms with Crippen LogP contribution >= 0.6 is 0 Å². The number of carbonyl (C=O) groups excluding carboxylic acids is 1. The number of carbonyl (C=O) groups is 1. The molecule has 1 aromatic rings. The van der Waals surface area contributed by atoms with Crippen LogP contribution < -0.4 is 4.90 Å². The first-order chi connectivity index (χ1) is 6.18. The summed E-state index contributed by atoms with van der Waals surface area (Å²) in [6.07, 6.45) is 3.23. The van der Waals surface area contributed by atoms with Gasteiger partial charge in [-0.3, -0.25) is 9.69 Å². The van der Waals surface area contributed by atoms with Crippen LogP contribution in [0, 0.1) is 6.92 Å². The quantitative estimate of drug-likeness (QED) is 0.597. The molecule has 1 aromatic heterocycles. The average Bonchev–Trinajstić information content (AvgIpc) is 2.12. The lowest BCUT2D eigenvalue weighted by Crippen LogP contribution is -2.31. The Labute approximate surface area is 77.4 Å². The maximum atomic E-state index is 11.3. The molecule has 0 fully saturated rings. The van der Waals surface area contributed by atoms with Gasteiger partial charge in [0.25, 0.3) is 0 Å². The smallest absolute Gasteiger partial charge is 0.228 e. The van der Waals surface area contributed by atoms with Crippen molar-refractivity contribution >= 4 is 11.7 Å². The highest BCUT2D eigenvalue weighted by atomic mass is 16.2. The number of anilines is 1. The summed E-state index contributed by atoms with van der Waals surface area (Å²) in [6, 6.07) is 2.10. The monoisotopic (exact) mass is 176 g/mol. The minimum atomic E-state index is 0.156. The van der Waals surface area contributed by atoms with Gasteiger partial charge in [0.05, 0.1) is 0 Å². The number of hydrogen-bond acceptors (Lipinski definition) is 2. The summed E-state index contributed by atoms with van der Waals surface area (Å²) in [6.45, 7) is 2.02. The molecule has 1 aliphatic rings. The van der Waals surface area contributed by atoms with E-state index in [2.05, 4.69) is 11.1 Å². The van der Waals surface area contributed by atoms with Gasteiger partial charge in [0.2, 0.25) is 5.91 Å². The van der Waals surface area contributed by atoms with Gasteiger partial charge in [-0.25, -0.2) is 4.98 Å². The molecule has 3 nitrogen and oxygen atoms in total. The summed E-state index contributed by atoms with van der Waals surface area (Å²) in [7, 11) is 1.78. The van der Waals surface area contributed by atoms with Gasteiger partial charge < -0.3 is 0 Å². The van der Waals surface area contributed by atoms with E-state index >= 15 is 0 Å². The molecule has 2 rings (SSSR count). The normalized spacial score (nSPS) is 15.8. The average molecular weight is 176 g/mol. The summed E-state index contributed by atoms with van der Waals surface area (Å²) in [5, 5.41) is 0. The van der Waals surface area contributed by atoms with Gasteiger partial charge in [0.15, 0.2) is 0 Å². The molecular formula is C10H12N2O. The van der Waals surface area contributed by atoms with Crippen molar-refractivity contribution in [2.24, 2.45) is 0 Å². The van der Waals surface area contributed by atoms with Gasteiger partial charge in [-0.05, 0) is 24.5 Å². The third kappa shape index (κ3) is 1.30. The summed E-state index contributed by atoms with van der Waals surface area (Å²) in [5.41, 5.74) is 2.34. The zero-order chi connectivity index (χ0) is 9.42.